The summed E-state index contributed by atoms with van der Waals surface area (Å²) >= 11 is 3.53. The molecule has 0 aliphatic carbocycles. The molecule has 1 aromatic heterocycles. The van der Waals surface area contributed by atoms with Crippen LogP contribution in [0.25, 0.3) is 0 Å². The van der Waals surface area contributed by atoms with Crippen LogP contribution in [0.2, 0.25) is 0 Å². The van der Waals surface area contributed by atoms with Gasteiger partial charge < -0.3 is 10.5 Å². The van der Waals surface area contributed by atoms with Crippen LogP contribution < -0.4 is 10.5 Å². The number of nitrogen functional groups attached to an aromatic ring is 1. The summed E-state index contributed by atoms with van der Waals surface area (Å²) in [6, 6.07) is 3.74. The van der Waals surface area contributed by atoms with Crippen molar-refractivity contribution in [3.63, 3.8) is 0 Å². The summed E-state index contributed by atoms with van der Waals surface area (Å²) < 4.78 is 8.75. The van der Waals surface area contributed by atoms with Gasteiger partial charge in [0, 0.05) is 12.6 Å². The van der Waals surface area contributed by atoms with Gasteiger partial charge in [0.1, 0.15) is 18.2 Å². The first-order chi connectivity index (χ1) is 9.81. The third-order valence-electron chi connectivity index (χ3n) is 3.39. The van der Waals surface area contributed by atoms with Crippen LogP contribution in [0, 0.1) is 26.2 Å². The molecular weight excluding hydrogens is 332 g/mol. The van der Waals surface area contributed by atoms with E-state index in [0.717, 1.165) is 38.3 Å². The quantitative estimate of drug-likeness (QED) is 0.657. The summed E-state index contributed by atoms with van der Waals surface area (Å²) in [6.45, 7) is 6.29. The number of hydrogen-bond donors (Lipinski definition) is 2. The summed E-state index contributed by atoms with van der Waals surface area (Å²) in [4.78, 5) is 0. The van der Waals surface area contributed by atoms with E-state index in [2.05, 4.69) is 21.0 Å². The molecular formula is C15H19BrN4O. The van der Waals surface area contributed by atoms with E-state index >= 15 is 0 Å². The van der Waals surface area contributed by atoms with Crippen LogP contribution in [0.5, 0.6) is 5.75 Å². The minimum Gasteiger partial charge on any atom is -0.487 e. The first-order valence-corrected chi connectivity index (χ1v) is 7.37. The van der Waals surface area contributed by atoms with Gasteiger partial charge in [0.15, 0.2) is 0 Å². The van der Waals surface area contributed by atoms with Gasteiger partial charge in [-0.1, -0.05) is 0 Å². The van der Waals surface area contributed by atoms with E-state index < -0.39 is 0 Å². The van der Waals surface area contributed by atoms with E-state index in [0.29, 0.717) is 6.61 Å². The number of rotatable bonds is 4. The molecule has 0 spiro atoms. The SMILES string of the molecule is Cc1cc(C(=N)N)cc(C)c1OCc1c(Br)c(C)nn1C. The first-order valence-electron chi connectivity index (χ1n) is 6.57. The molecule has 0 saturated carbocycles. The Morgan fingerprint density at radius 3 is 2.33 bits per heavy atom. The van der Waals surface area contributed by atoms with Crippen LogP contribution in [0.1, 0.15) is 28.1 Å². The number of halogens is 1. The molecule has 2 aromatic rings. The largest absolute Gasteiger partial charge is 0.487 e. The molecule has 0 aliphatic rings. The van der Waals surface area contributed by atoms with Crippen molar-refractivity contribution in [2.75, 3.05) is 0 Å². The number of hydrogen-bond acceptors (Lipinski definition) is 3. The van der Waals surface area contributed by atoms with Crippen LogP contribution in [-0.4, -0.2) is 15.6 Å². The van der Waals surface area contributed by atoms with Crippen molar-refractivity contribution in [2.24, 2.45) is 12.8 Å². The molecule has 0 amide bonds. The van der Waals surface area contributed by atoms with Gasteiger partial charge >= 0.3 is 0 Å². The molecule has 112 valence electrons. The molecule has 0 radical (unpaired) electrons. The highest BCUT2D eigenvalue weighted by Gasteiger charge is 2.13. The Balaban J connectivity index is 2.26. The number of ether oxygens (including phenoxy) is 1. The highest BCUT2D eigenvalue weighted by molar-refractivity contribution is 9.10. The van der Waals surface area contributed by atoms with Crippen molar-refractivity contribution >= 4 is 21.8 Å². The van der Waals surface area contributed by atoms with Gasteiger partial charge in [-0.2, -0.15) is 5.10 Å². The van der Waals surface area contributed by atoms with Crippen molar-refractivity contribution in [3.8, 4) is 5.75 Å². The molecule has 0 aliphatic heterocycles. The molecule has 1 aromatic carbocycles. The maximum Gasteiger partial charge on any atom is 0.131 e. The summed E-state index contributed by atoms with van der Waals surface area (Å²) in [5.41, 5.74) is 10.1. The number of aromatic nitrogens is 2. The van der Waals surface area contributed by atoms with Gasteiger partial charge in [-0.25, -0.2) is 0 Å². The lowest BCUT2D eigenvalue weighted by Gasteiger charge is -2.14. The Hall–Kier alpha value is -1.82. The Bertz CT molecular complexity index is 683. The third kappa shape index (κ3) is 3.10. The van der Waals surface area contributed by atoms with Crippen LogP contribution in [0.15, 0.2) is 16.6 Å². The topological polar surface area (TPSA) is 76.9 Å². The van der Waals surface area contributed by atoms with Gasteiger partial charge in [-0.3, -0.25) is 10.1 Å². The van der Waals surface area contributed by atoms with E-state index in [4.69, 9.17) is 15.9 Å². The summed E-state index contributed by atoms with van der Waals surface area (Å²) in [6.07, 6.45) is 0. The van der Waals surface area contributed by atoms with Gasteiger partial charge in [-0.05, 0) is 60.0 Å². The van der Waals surface area contributed by atoms with E-state index in [-0.39, 0.29) is 5.84 Å². The number of nitrogens with one attached hydrogen (secondary N) is 1. The number of amidine groups is 1. The Kier molecular flexibility index (Phi) is 4.37. The second-order valence-corrected chi connectivity index (χ2v) is 5.90. The molecule has 1 heterocycles. The van der Waals surface area contributed by atoms with Crippen molar-refractivity contribution < 1.29 is 4.74 Å². The minimum absolute atomic E-state index is 0.0674. The van der Waals surface area contributed by atoms with Crippen LogP contribution in [0.3, 0.4) is 0 Å². The van der Waals surface area contributed by atoms with Crippen molar-refractivity contribution in [1.29, 1.82) is 5.41 Å². The zero-order chi connectivity index (χ0) is 15.7. The predicted octanol–water partition coefficient (Wildman–Crippen LogP) is 2.97. The van der Waals surface area contributed by atoms with Gasteiger partial charge in [0.2, 0.25) is 0 Å². The van der Waals surface area contributed by atoms with E-state index in [1.54, 1.807) is 0 Å². The van der Waals surface area contributed by atoms with Crippen molar-refractivity contribution in [2.45, 2.75) is 27.4 Å². The predicted molar refractivity (Wildman–Crippen MR) is 86.9 cm³/mol. The lowest BCUT2D eigenvalue weighted by Crippen LogP contribution is -2.12. The summed E-state index contributed by atoms with van der Waals surface area (Å²) in [5, 5.41) is 11.9. The van der Waals surface area contributed by atoms with E-state index in [1.165, 1.54) is 0 Å². The Labute approximate surface area is 132 Å². The molecule has 6 heteroatoms. The summed E-state index contributed by atoms with van der Waals surface area (Å²) in [7, 11) is 1.90. The maximum atomic E-state index is 7.51. The van der Waals surface area contributed by atoms with Crippen molar-refractivity contribution in [1.82, 2.24) is 9.78 Å². The Morgan fingerprint density at radius 2 is 1.90 bits per heavy atom. The lowest BCUT2D eigenvalue weighted by atomic mass is 10.1. The number of benzene rings is 1. The second kappa shape index (κ2) is 5.89. The normalized spacial score (nSPS) is 10.7. The fourth-order valence-electron chi connectivity index (χ4n) is 2.31. The minimum atomic E-state index is 0.0674. The second-order valence-electron chi connectivity index (χ2n) is 5.11. The van der Waals surface area contributed by atoms with E-state index in [1.807, 2.05) is 44.6 Å². The summed E-state index contributed by atoms with van der Waals surface area (Å²) in [5.74, 6) is 0.892. The van der Waals surface area contributed by atoms with Gasteiger partial charge in [-0.15, -0.1) is 0 Å². The molecule has 0 fully saturated rings. The van der Waals surface area contributed by atoms with Crippen LogP contribution in [0.4, 0.5) is 0 Å². The molecule has 3 N–H and O–H groups in total. The number of aryl methyl sites for hydroxylation is 4. The zero-order valence-electron chi connectivity index (χ0n) is 12.6. The smallest absolute Gasteiger partial charge is 0.131 e. The highest BCUT2D eigenvalue weighted by Crippen LogP contribution is 2.27. The molecule has 0 saturated heterocycles. The number of nitrogens with zero attached hydrogens (tertiary/aromatic N) is 2. The number of nitrogens with two attached hydrogens (primary N) is 1. The zero-order valence-corrected chi connectivity index (χ0v) is 14.2. The molecule has 2 rings (SSSR count). The van der Waals surface area contributed by atoms with Gasteiger partial charge in [0.25, 0.3) is 0 Å². The average molecular weight is 351 g/mol. The Morgan fingerprint density at radius 1 is 1.33 bits per heavy atom. The fourth-order valence-corrected chi connectivity index (χ4v) is 2.76. The van der Waals surface area contributed by atoms with Crippen LogP contribution in [-0.2, 0) is 13.7 Å². The van der Waals surface area contributed by atoms with Crippen LogP contribution >= 0.6 is 15.9 Å². The lowest BCUT2D eigenvalue weighted by molar-refractivity contribution is 0.290. The average Bonchev–Trinajstić information content (AvgIpc) is 2.63. The maximum absolute atomic E-state index is 7.51. The third-order valence-corrected chi connectivity index (χ3v) is 4.42. The molecule has 21 heavy (non-hydrogen) atoms. The standard InChI is InChI=1S/C15H19BrN4O/c1-8-5-11(15(17)18)6-9(2)14(8)21-7-12-13(16)10(3)19-20(12)4/h5-6H,7H2,1-4H3,(H3,17,18). The molecule has 0 bridgehead atoms. The highest BCUT2D eigenvalue weighted by atomic mass is 79.9. The van der Waals surface area contributed by atoms with Gasteiger partial charge in [0.05, 0.1) is 15.9 Å². The van der Waals surface area contributed by atoms with E-state index in [9.17, 15) is 0 Å². The monoisotopic (exact) mass is 350 g/mol. The molecule has 0 unspecified atom stereocenters. The molecule has 5 nitrogen and oxygen atoms in total. The molecule has 0 atom stereocenters. The van der Waals surface area contributed by atoms with Crippen molar-refractivity contribution in [3.05, 3.63) is 44.7 Å². The first kappa shape index (κ1) is 15.6. The fraction of sp³-hybridized carbons (Fsp3) is 0.333.